The van der Waals surface area contributed by atoms with Crippen LogP contribution >= 0.6 is 0 Å². The van der Waals surface area contributed by atoms with Crippen molar-refractivity contribution in [1.29, 1.82) is 0 Å². The third kappa shape index (κ3) is 9.21. The molecule has 0 aliphatic carbocycles. The van der Waals surface area contributed by atoms with Crippen molar-refractivity contribution >= 4 is 6.34 Å². The van der Waals surface area contributed by atoms with Crippen LogP contribution in [0.15, 0.2) is 17.3 Å². The van der Waals surface area contributed by atoms with E-state index >= 15 is 0 Å². The summed E-state index contributed by atoms with van der Waals surface area (Å²) in [5.41, 5.74) is 0. The summed E-state index contributed by atoms with van der Waals surface area (Å²) in [6, 6.07) is 0. The van der Waals surface area contributed by atoms with Gasteiger partial charge < -0.3 is 5.32 Å². The van der Waals surface area contributed by atoms with Gasteiger partial charge in [-0.1, -0.05) is 25.8 Å². The Kier molecular flexibility index (Phi) is 8.55. The first-order valence-corrected chi connectivity index (χ1v) is 4.23. The van der Waals surface area contributed by atoms with Gasteiger partial charge in [-0.15, -0.1) is 0 Å². The fraction of sp³-hybridized carbons (Fsp3) is 0.667. The van der Waals surface area contributed by atoms with E-state index in [0.29, 0.717) is 0 Å². The van der Waals surface area contributed by atoms with Crippen molar-refractivity contribution in [2.75, 3.05) is 7.05 Å². The first kappa shape index (κ1) is 10.2. The van der Waals surface area contributed by atoms with Crippen molar-refractivity contribution in [3.05, 3.63) is 12.3 Å². The summed E-state index contributed by atoms with van der Waals surface area (Å²) in [4.78, 5) is 3.78. The Labute approximate surface area is 69.4 Å². The number of hydrogen-bond donors (Lipinski definition) is 1. The predicted molar refractivity (Wildman–Crippen MR) is 50.8 cm³/mol. The second kappa shape index (κ2) is 9.21. The van der Waals surface area contributed by atoms with Crippen molar-refractivity contribution in [2.45, 2.75) is 32.6 Å². The summed E-state index contributed by atoms with van der Waals surface area (Å²) >= 11 is 0. The average molecular weight is 154 g/mol. The number of unbranched alkanes of at least 4 members (excludes halogenated alkanes) is 3. The van der Waals surface area contributed by atoms with Crippen molar-refractivity contribution in [1.82, 2.24) is 5.32 Å². The molecule has 0 amide bonds. The molecule has 0 bridgehead atoms. The highest BCUT2D eigenvalue weighted by Gasteiger charge is 1.79. The van der Waals surface area contributed by atoms with E-state index in [1.807, 2.05) is 6.20 Å². The van der Waals surface area contributed by atoms with Crippen LogP contribution in [0.1, 0.15) is 32.6 Å². The zero-order valence-corrected chi connectivity index (χ0v) is 7.51. The van der Waals surface area contributed by atoms with Crippen LogP contribution in [0.25, 0.3) is 0 Å². The summed E-state index contributed by atoms with van der Waals surface area (Å²) in [6.45, 7) is 2.21. The van der Waals surface area contributed by atoms with Crippen LogP contribution in [0.2, 0.25) is 0 Å². The molecule has 0 radical (unpaired) electrons. The molecule has 0 atom stereocenters. The van der Waals surface area contributed by atoms with E-state index in [1.54, 1.807) is 13.4 Å². The molecule has 0 unspecified atom stereocenters. The van der Waals surface area contributed by atoms with Gasteiger partial charge in [-0.2, -0.15) is 0 Å². The Balaban J connectivity index is 3.03. The highest BCUT2D eigenvalue weighted by Crippen LogP contribution is 1.98. The van der Waals surface area contributed by atoms with Crippen LogP contribution < -0.4 is 5.32 Å². The first-order chi connectivity index (χ1) is 5.41. The van der Waals surface area contributed by atoms with Gasteiger partial charge in [0.15, 0.2) is 0 Å². The molecular weight excluding hydrogens is 136 g/mol. The number of nitrogens with one attached hydrogen (secondary N) is 1. The topological polar surface area (TPSA) is 24.4 Å². The van der Waals surface area contributed by atoms with Gasteiger partial charge >= 0.3 is 0 Å². The highest BCUT2D eigenvalue weighted by molar-refractivity contribution is 5.55. The van der Waals surface area contributed by atoms with E-state index in [0.717, 1.165) is 0 Å². The second-order valence-electron chi connectivity index (χ2n) is 2.45. The van der Waals surface area contributed by atoms with Gasteiger partial charge in [0.2, 0.25) is 0 Å². The van der Waals surface area contributed by atoms with Gasteiger partial charge in [0, 0.05) is 7.05 Å². The molecule has 0 aromatic heterocycles. The molecule has 2 nitrogen and oxygen atoms in total. The normalized spacial score (nSPS) is 11.5. The van der Waals surface area contributed by atoms with Crippen LogP contribution in [0, 0.1) is 0 Å². The second-order valence-corrected chi connectivity index (χ2v) is 2.45. The fourth-order valence-corrected chi connectivity index (χ4v) is 0.781. The number of nitrogens with zero attached hydrogens (tertiary/aromatic N) is 1. The monoisotopic (exact) mass is 154 g/mol. The number of rotatable bonds is 6. The maximum atomic E-state index is 3.78. The molecule has 0 spiro atoms. The minimum absolute atomic E-state index is 1.17. The zero-order valence-electron chi connectivity index (χ0n) is 7.51. The Morgan fingerprint density at radius 1 is 1.36 bits per heavy atom. The van der Waals surface area contributed by atoms with Gasteiger partial charge in [-0.25, -0.2) is 0 Å². The van der Waals surface area contributed by atoms with Crippen molar-refractivity contribution in [2.24, 2.45) is 4.99 Å². The van der Waals surface area contributed by atoms with E-state index in [4.69, 9.17) is 0 Å². The van der Waals surface area contributed by atoms with E-state index in [9.17, 15) is 0 Å². The van der Waals surface area contributed by atoms with Crippen molar-refractivity contribution < 1.29 is 0 Å². The van der Waals surface area contributed by atoms with Crippen LogP contribution in [0.5, 0.6) is 0 Å². The molecular formula is C9H18N2. The first-order valence-electron chi connectivity index (χ1n) is 4.23. The maximum absolute atomic E-state index is 3.78. The van der Waals surface area contributed by atoms with Crippen LogP contribution in [-0.4, -0.2) is 13.4 Å². The Hall–Kier alpha value is -0.790. The quantitative estimate of drug-likeness (QED) is 0.354. The Morgan fingerprint density at radius 2 is 2.18 bits per heavy atom. The lowest BCUT2D eigenvalue weighted by molar-refractivity contribution is 0.728. The third-order valence-corrected chi connectivity index (χ3v) is 1.39. The smallest absolute Gasteiger partial charge is 0.0859 e. The molecule has 0 rings (SSSR count). The van der Waals surface area contributed by atoms with Gasteiger partial charge in [-0.05, 0) is 19.0 Å². The molecule has 0 saturated carbocycles. The zero-order chi connectivity index (χ0) is 8.36. The molecule has 0 saturated heterocycles. The van der Waals surface area contributed by atoms with Crippen LogP contribution in [0.3, 0.4) is 0 Å². The van der Waals surface area contributed by atoms with Crippen LogP contribution in [-0.2, 0) is 0 Å². The molecule has 0 aromatic carbocycles. The molecule has 0 aliphatic heterocycles. The minimum atomic E-state index is 1.17. The van der Waals surface area contributed by atoms with Crippen LogP contribution in [0.4, 0.5) is 0 Å². The molecule has 0 fully saturated rings. The predicted octanol–water partition coefficient (Wildman–Crippen LogP) is 2.33. The van der Waals surface area contributed by atoms with Gasteiger partial charge in [0.25, 0.3) is 0 Å². The lowest BCUT2D eigenvalue weighted by Crippen LogP contribution is -1.98. The molecule has 1 N–H and O–H groups in total. The summed E-state index contributed by atoms with van der Waals surface area (Å²) in [6.07, 6.45) is 10.8. The summed E-state index contributed by atoms with van der Waals surface area (Å²) in [5.74, 6) is 0. The Bertz CT molecular complexity index is 117. The molecule has 64 valence electrons. The standard InChI is InChI=1S/C9H18N2/c1-3-4-5-6-7-8-11-9-10-2/h7-9H,3-6H2,1-2H3,(H,10,11)/b8-7-. The van der Waals surface area contributed by atoms with Gasteiger partial charge in [0.1, 0.15) is 0 Å². The summed E-state index contributed by atoms with van der Waals surface area (Å²) < 4.78 is 0. The highest BCUT2D eigenvalue weighted by atomic mass is 14.9. The van der Waals surface area contributed by atoms with Gasteiger partial charge in [0.05, 0.1) is 6.34 Å². The summed E-state index contributed by atoms with van der Waals surface area (Å²) in [5, 5.41) is 2.94. The van der Waals surface area contributed by atoms with Crippen molar-refractivity contribution in [3.63, 3.8) is 0 Å². The minimum Gasteiger partial charge on any atom is -0.353 e. The molecule has 0 aromatic rings. The lowest BCUT2D eigenvalue weighted by atomic mass is 10.2. The SMILES string of the molecule is CCCCC/C=C\NC=NC. The molecule has 2 heteroatoms. The van der Waals surface area contributed by atoms with Crippen molar-refractivity contribution in [3.8, 4) is 0 Å². The fourth-order valence-electron chi connectivity index (χ4n) is 0.781. The number of hydrogen-bond acceptors (Lipinski definition) is 1. The molecule has 0 aliphatic rings. The summed E-state index contributed by atoms with van der Waals surface area (Å²) in [7, 11) is 1.75. The van der Waals surface area contributed by atoms with E-state index in [-0.39, 0.29) is 0 Å². The number of aliphatic imine (C=N–C) groups is 1. The van der Waals surface area contributed by atoms with E-state index in [2.05, 4.69) is 23.3 Å². The van der Waals surface area contributed by atoms with Gasteiger partial charge in [-0.3, -0.25) is 4.99 Å². The number of allylic oxidation sites excluding steroid dienone is 1. The average Bonchev–Trinajstić information content (AvgIpc) is 2.03. The third-order valence-electron chi connectivity index (χ3n) is 1.39. The lowest BCUT2D eigenvalue weighted by Gasteiger charge is -1.91. The largest absolute Gasteiger partial charge is 0.353 e. The molecule has 0 heterocycles. The van der Waals surface area contributed by atoms with E-state index < -0.39 is 0 Å². The maximum Gasteiger partial charge on any atom is 0.0859 e. The Morgan fingerprint density at radius 3 is 2.82 bits per heavy atom. The van der Waals surface area contributed by atoms with E-state index in [1.165, 1.54) is 25.7 Å². The molecule has 11 heavy (non-hydrogen) atoms.